The molecule has 0 bridgehead atoms. The van der Waals surface area contributed by atoms with E-state index >= 15 is 0 Å². The summed E-state index contributed by atoms with van der Waals surface area (Å²) in [7, 11) is 0. The van der Waals surface area contributed by atoms with Gasteiger partial charge in [-0.3, -0.25) is 4.79 Å². The fraction of sp³-hybridized carbons (Fsp3) is 0.444. The summed E-state index contributed by atoms with van der Waals surface area (Å²) in [4.78, 5) is 20.2. The van der Waals surface area contributed by atoms with E-state index in [4.69, 9.17) is 0 Å². The molecule has 1 aromatic heterocycles. The molecule has 1 aromatic carbocycles. The van der Waals surface area contributed by atoms with Gasteiger partial charge in [-0.2, -0.15) is 0 Å². The van der Waals surface area contributed by atoms with Crippen molar-refractivity contribution in [2.75, 3.05) is 6.54 Å². The van der Waals surface area contributed by atoms with Crippen molar-refractivity contribution in [2.45, 2.75) is 45.6 Å². The summed E-state index contributed by atoms with van der Waals surface area (Å²) < 4.78 is 13.1. The summed E-state index contributed by atoms with van der Waals surface area (Å²) in [5.74, 6) is 0.134. The Labute approximate surface area is 140 Å². The van der Waals surface area contributed by atoms with E-state index < -0.39 is 0 Å². The Bertz CT molecular complexity index is 708. The molecule has 1 aliphatic heterocycles. The molecule has 2 aromatic rings. The molecule has 2 heterocycles. The highest BCUT2D eigenvalue weighted by molar-refractivity contribution is 7.13. The zero-order valence-corrected chi connectivity index (χ0v) is 14.5. The van der Waals surface area contributed by atoms with E-state index in [1.165, 1.54) is 23.5 Å². The van der Waals surface area contributed by atoms with Crippen LogP contribution in [0.2, 0.25) is 0 Å². The highest BCUT2D eigenvalue weighted by Gasteiger charge is 2.32. The van der Waals surface area contributed by atoms with Gasteiger partial charge in [0.05, 0.1) is 16.7 Å². The van der Waals surface area contributed by atoms with E-state index in [-0.39, 0.29) is 17.8 Å². The van der Waals surface area contributed by atoms with Gasteiger partial charge in [0.2, 0.25) is 0 Å². The fourth-order valence-electron chi connectivity index (χ4n) is 3.03. The van der Waals surface area contributed by atoms with E-state index in [2.05, 4.69) is 18.8 Å². The molecule has 122 valence electrons. The number of hydrogen-bond donors (Lipinski definition) is 0. The molecule has 1 amide bonds. The van der Waals surface area contributed by atoms with Crippen LogP contribution in [-0.2, 0) is 0 Å². The van der Waals surface area contributed by atoms with Crippen molar-refractivity contribution >= 4 is 17.2 Å². The normalized spacial score (nSPS) is 18.0. The molecule has 1 atom stereocenters. The number of aromatic nitrogens is 1. The molecule has 5 heteroatoms. The fourth-order valence-corrected chi connectivity index (χ4v) is 4.06. The maximum absolute atomic E-state index is 13.1. The van der Waals surface area contributed by atoms with E-state index in [1.54, 1.807) is 12.1 Å². The van der Waals surface area contributed by atoms with Gasteiger partial charge in [0.15, 0.2) is 0 Å². The zero-order valence-electron chi connectivity index (χ0n) is 13.7. The van der Waals surface area contributed by atoms with Crippen LogP contribution in [0, 0.1) is 12.7 Å². The molecule has 0 spiro atoms. The van der Waals surface area contributed by atoms with Crippen molar-refractivity contribution in [3.8, 4) is 0 Å². The first kappa shape index (κ1) is 16.1. The number of amides is 1. The van der Waals surface area contributed by atoms with Crippen molar-refractivity contribution in [3.05, 3.63) is 51.2 Å². The SMILES string of the molecule is Cc1nc(C(C)C)sc1C(=O)N1CCC[C@@H]1c1ccc(F)cc1. The number of likely N-dealkylation sites (tertiary alicyclic amines) is 1. The standard InChI is InChI=1S/C18H21FN2OS/c1-11(2)17-20-12(3)16(23-17)18(22)21-10-4-5-15(21)13-6-8-14(19)9-7-13/h6-9,11,15H,4-5,10H2,1-3H3/t15-/m1/s1. The first-order valence-electron chi connectivity index (χ1n) is 8.01. The molecule has 3 rings (SSSR count). The van der Waals surface area contributed by atoms with Gasteiger partial charge < -0.3 is 4.90 Å². The summed E-state index contributed by atoms with van der Waals surface area (Å²) in [5, 5.41) is 1.00. The highest BCUT2D eigenvalue weighted by atomic mass is 32.1. The molecular formula is C18H21FN2OS. The predicted molar refractivity (Wildman–Crippen MR) is 90.4 cm³/mol. The van der Waals surface area contributed by atoms with Crippen LogP contribution in [0.15, 0.2) is 24.3 Å². The van der Waals surface area contributed by atoms with Crippen LogP contribution in [0.4, 0.5) is 4.39 Å². The molecule has 0 radical (unpaired) electrons. The van der Waals surface area contributed by atoms with Crippen molar-refractivity contribution in [3.63, 3.8) is 0 Å². The van der Waals surface area contributed by atoms with Crippen molar-refractivity contribution in [2.24, 2.45) is 0 Å². The quantitative estimate of drug-likeness (QED) is 0.817. The monoisotopic (exact) mass is 332 g/mol. The number of nitrogens with zero attached hydrogens (tertiary/aromatic N) is 2. The lowest BCUT2D eigenvalue weighted by Gasteiger charge is -2.24. The van der Waals surface area contributed by atoms with Crippen LogP contribution in [0.3, 0.4) is 0 Å². The maximum atomic E-state index is 13.1. The van der Waals surface area contributed by atoms with Gasteiger partial charge in [-0.25, -0.2) is 9.37 Å². The molecule has 0 N–H and O–H groups in total. The Morgan fingerprint density at radius 1 is 1.35 bits per heavy atom. The Morgan fingerprint density at radius 2 is 2.04 bits per heavy atom. The Kier molecular flexibility index (Phi) is 4.48. The van der Waals surface area contributed by atoms with Gasteiger partial charge in [0.1, 0.15) is 10.7 Å². The second-order valence-electron chi connectivity index (χ2n) is 6.33. The van der Waals surface area contributed by atoms with Crippen molar-refractivity contribution in [1.82, 2.24) is 9.88 Å². The smallest absolute Gasteiger partial charge is 0.266 e. The number of hydrogen-bond acceptors (Lipinski definition) is 3. The van der Waals surface area contributed by atoms with Crippen molar-refractivity contribution < 1.29 is 9.18 Å². The first-order chi connectivity index (χ1) is 11.0. The molecular weight excluding hydrogens is 311 g/mol. The lowest BCUT2D eigenvalue weighted by atomic mass is 10.0. The number of rotatable bonds is 3. The third kappa shape index (κ3) is 3.15. The third-order valence-electron chi connectivity index (χ3n) is 4.27. The van der Waals surface area contributed by atoms with Gasteiger partial charge in [0.25, 0.3) is 5.91 Å². The van der Waals surface area contributed by atoms with Crippen LogP contribution < -0.4 is 0 Å². The topological polar surface area (TPSA) is 33.2 Å². The van der Waals surface area contributed by atoms with Crippen LogP contribution in [0.25, 0.3) is 0 Å². The summed E-state index contributed by atoms with van der Waals surface area (Å²) in [6.45, 7) is 6.82. The lowest BCUT2D eigenvalue weighted by molar-refractivity contribution is 0.0739. The zero-order chi connectivity index (χ0) is 16.6. The van der Waals surface area contributed by atoms with Crippen LogP contribution in [0.1, 0.15) is 64.6 Å². The molecule has 3 nitrogen and oxygen atoms in total. The minimum absolute atomic E-state index is 0.0344. The van der Waals surface area contributed by atoms with E-state index in [1.807, 2.05) is 11.8 Å². The molecule has 0 unspecified atom stereocenters. The van der Waals surface area contributed by atoms with Gasteiger partial charge in [0, 0.05) is 12.5 Å². The summed E-state index contributed by atoms with van der Waals surface area (Å²) in [5.41, 5.74) is 1.82. The van der Waals surface area contributed by atoms with E-state index in [0.29, 0.717) is 5.92 Å². The molecule has 0 saturated carbocycles. The van der Waals surface area contributed by atoms with Crippen LogP contribution >= 0.6 is 11.3 Å². The van der Waals surface area contributed by atoms with Gasteiger partial charge in [-0.05, 0) is 37.5 Å². The number of halogens is 1. The highest BCUT2D eigenvalue weighted by Crippen LogP contribution is 2.35. The molecule has 1 saturated heterocycles. The first-order valence-corrected chi connectivity index (χ1v) is 8.82. The minimum atomic E-state index is -0.246. The Balaban J connectivity index is 1.87. The number of aryl methyl sites for hydroxylation is 1. The molecule has 1 fully saturated rings. The van der Waals surface area contributed by atoms with Crippen LogP contribution in [-0.4, -0.2) is 22.3 Å². The Morgan fingerprint density at radius 3 is 2.65 bits per heavy atom. The average Bonchev–Trinajstić information content (AvgIpc) is 3.14. The minimum Gasteiger partial charge on any atom is -0.331 e. The molecule has 0 aliphatic carbocycles. The third-order valence-corrected chi connectivity index (χ3v) is 5.72. The second-order valence-corrected chi connectivity index (χ2v) is 7.36. The van der Waals surface area contributed by atoms with Gasteiger partial charge in [-0.15, -0.1) is 11.3 Å². The molecule has 1 aliphatic rings. The van der Waals surface area contributed by atoms with E-state index in [9.17, 15) is 9.18 Å². The average molecular weight is 332 g/mol. The van der Waals surface area contributed by atoms with Crippen molar-refractivity contribution in [1.29, 1.82) is 0 Å². The number of thiazole rings is 1. The predicted octanol–water partition coefficient (Wildman–Crippen LogP) is 4.69. The maximum Gasteiger partial charge on any atom is 0.266 e. The molecule has 23 heavy (non-hydrogen) atoms. The van der Waals surface area contributed by atoms with Gasteiger partial charge >= 0.3 is 0 Å². The largest absolute Gasteiger partial charge is 0.331 e. The number of carbonyl (C=O) groups excluding carboxylic acids is 1. The summed E-state index contributed by atoms with van der Waals surface area (Å²) in [6.07, 6.45) is 1.90. The Hall–Kier alpha value is -1.75. The van der Waals surface area contributed by atoms with E-state index in [0.717, 1.165) is 40.5 Å². The second kappa shape index (κ2) is 6.40. The summed E-state index contributed by atoms with van der Waals surface area (Å²) >= 11 is 1.50. The summed E-state index contributed by atoms with van der Waals surface area (Å²) in [6, 6.07) is 6.53. The van der Waals surface area contributed by atoms with Gasteiger partial charge in [-0.1, -0.05) is 26.0 Å². The van der Waals surface area contributed by atoms with Crippen LogP contribution in [0.5, 0.6) is 0 Å². The number of benzene rings is 1. The number of carbonyl (C=O) groups is 1. The lowest BCUT2D eigenvalue weighted by Crippen LogP contribution is -2.30.